The molecule has 2 aromatic carbocycles. The standard InChI is InChI=1S/C20H24N2O3/c1-2-13-21-18(23)14-22-19(24)15-25-20(16-9-5-3-6-10-16)17-11-7-4-8-12-17/h3-12,20H,2,13-15H2,1H3,(H,21,23)(H,22,24). The summed E-state index contributed by atoms with van der Waals surface area (Å²) in [5, 5.41) is 5.28. The van der Waals surface area contributed by atoms with Gasteiger partial charge in [-0.05, 0) is 17.5 Å². The Morgan fingerprint density at radius 3 is 1.96 bits per heavy atom. The Labute approximate surface area is 148 Å². The first kappa shape index (κ1) is 18.7. The fraction of sp³-hybridized carbons (Fsp3) is 0.300. The third-order valence-electron chi connectivity index (χ3n) is 3.60. The van der Waals surface area contributed by atoms with E-state index in [4.69, 9.17) is 4.74 Å². The van der Waals surface area contributed by atoms with Crippen molar-refractivity contribution in [3.05, 3.63) is 71.8 Å². The van der Waals surface area contributed by atoms with Crippen LogP contribution in [-0.4, -0.2) is 31.5 Å². The monoisotopic (exact) mass is 340 g/mol. The molecule has 0 atom stereocenters. The highest BCUT2D eigenvalue weighted by atomic mass is 16.5. The molecule has 0 unspecified atom stereocenters. The van der Waals surface area contributed by atoms with Crippen LogP contribution in [-0.2, 0) is 14.3 Å². The van der Waals surface area contributed by atoms with E-state index in [2.05, 4.69) is 10.6 Å². The molecule has 5 heteroatoms. The topological polar surface area (TPSA) is 67.4 Å². The second-order valence-corrected chi connectivity index (χ2v) is 5.64. The molecule has 132 valence electrons. The smallest absolute Gasteiger partial charge is 0.246 e. The van der Waals surface area contributed by atoms with Crippen LogP contribution >= 0.6 is 0 Å². The van der Waals surface area contributed by atoms with Crippen LogP contribution < -0.4 is 10.6 Å². The fourth-order valence-corrected chi connectivity index (χ4v) is 2.36. The molecule has 0 bridgehead atoms. The summed E-state index contributed by atoms with van der Waals surface area (Å²) < 4.78 is 5.85. The maximum Gasteiger partial charge on any atom is 0.246 e. The number of rotatable bonds is 9. The van der Waals surface area contributed by atoms with Crippen molar-refractivity contribution in [2.24, 2.45) is 0 Å². The predicted octanol–water partition coefficient (Wildman–Crippen LogP) is 2.43. The van der Waals surface area contributed by atoms with E-state index in [9.17, 15) is 9.59 Å². The minimum atomic E-state index is -0.331. The second kappa shape index (κ2) is 10.3. The molecule has 0 heterocycles. The van der Waals surface area contributed by atoms with Crippen LogP contribution in [0.5, 0.6) is 0 Å². The van der Waals surface area contributed by atoms with Gasteiger partial charge in [-0.15, -0.1) is 0 Å². The second-order valence-electron chi connectivity index (χ2n) is 5.64. The average molecular weight is 340 g/mol. The quantitative estimate of drug-likeness (QED) is 0.737. The molecule has 2 N–H and O–H groups in total. The van der Waals surface area contributed by atoms with Crippen LogP contribution in [0.1, 0.15) is 30.6 Å². The van der Waals surface area contributed by atoms with E-state index in [0.29, 0.717) is 6.54 Å². The summed E-state index contributed by atoms with van der Waals surface area (Å²) in [6.07, 6.45) is 0.528. The Kier molecular flexibility index (Phi) is 7.66. The van der Waals surface area contributed by atoms with E-state index in [1.54, 1.807) is 0 Å². The first-order valence-corrected chi connectivity index (χ1v) is 8.45. The summed E-state index contributed by atoms with van der Waals surface area (Å²) in [5.74, 6) is -0.513. The van der Waals surface area contributed by atoms with Crippen molar-refractivity contribution in [1.82, 2.24) is 10.6 Å². The number of hydrogen-bond acceptors (Lipinski definition) is 3. The minimum Gasteiger partial charge on any atom is -0.359 e. The molecule has 0 aliphatic rings. The molecule has 0 saturated carbocycles. The molecule has 2 rings (SSSR count). The number of amides is 2. The number of hydrogen-bond donors (Lipinski definition) is 2. The van der Waals surface area contributed by atoms with Crippen molar-refractivity contribution in [2.75, 3.05) is 19.7 Å². The van der Waals surface area contributed by atoms with Crippen LogP contribution in [0.3, 0.4) is 0 Å². The highest BCUT2D eigenvalue weighted by Gasteiger charge is 2.16. The summed E-state index contributed by atoms with van der Waals surface area (Å²) in [4.78, 5) is 23.5. The van der Waals surface area contributed by atoms with Crippen molar-refractivity contribution in [3.63, 3.8) is 0 Å². The van der Waals surface area contributed by atoms with E-state index in [0.717, 1.165) is 17.5 Å². The maximum atomic E-state index is 12.0. The van der Waals surface area contributed by atoms with Gasteiger partial charge < -0.3 is 15.4 Å². The minimum absolute atomic E-state index is 0.0382. The van der Waals surface area contributed by atoms with E-state index >= 15 is 0 Å². The lowest BCUT2D eigenvalue weighted by Gasteiger charge is -2.18. The van der Waals surface area contributed by atoms with E-state index in [-0.39, 0.29) is 31.1 Å². The van der Waals surface area contributed by atoms with Crippen molar-refractivity contribution < 1.29 is 14.3 Å². The van der Waals surface area contributed by atoms with Crippen LogP contribution in [0.15, 0.2) is 60.7 Å². The normalized spacial score (nSPS) is 10.5. The molecule has 0 fully saturated rings. The van der Waals surface area contributed by atoms with Gasteiger partial charge in [0.1, 0.15) is 12.7 Å². The summed E-state index contributed by atoms with van der Waals surface area (Å²) in [6.45, 7) is 2.42. The molecule has 0 radical (unpaired) electrons. The number of ether oxygens (including phenoxy) is 1. The number of carbonyl (C=O) groups excluding carboxylic acids is 2. The summed E-state index contributed by atoms with van der Waals surface area (Å²) in [7, 11) is 0. The largest absolute Gasteiger partial charge is 0.359 e. The van der Waals surface area contributed by atoms with Crippen molar-refractivity contribution in [1.29, 1.82) is 0 Å². The number of carbonyl (C=O) groups is 2. The zero-order chi connectivity index (χ0) is 17.9. The third kappa shape index (κ3) is 6.39. The van der Waals surface area contributed by atoms with Crippen molar-refractivity contribution in [3.8, 4) is 0 Å². The Bertz CT molecular complexity index is 620. The summed E-state index contributed by atoms with van der Waals surface area (Å²) in [5.41, 5.74) is 1.95. The Balaban J connectivity index is 1.92. The van der Waals surface area contributed by atoms with Crippen LogP contribution in [0.25, 0.3) is 0 Å². The van der Waals surface area contributed by atoms with E-state index in [1.165, 1.54) is 0 Å². The van der Waals surface area contributed by atoms with Gasteiger partial charge in [0.25, 0.3) is 0 Å². The molecular weight excluding hydrogens is 316 g/mol. The van der Waals surface area contributed by atoms with Crippen LogP contribution in [0.4, 0.5) is 0 Å². The van der Waals surface area contributed by atoms with Crippen molar-refractivity contribution >= 4 is 11.8 Å². The zero-order valence-electron chi connectivity index (χ0n) is 14.4. The molecule has 5 nitrogen and oxygen atoms in total. The van der Waals surface area contributed by atoms with Gasteiger partial charge in [0.2, 0.25) is 11.8 Å². The number of benzene rings is 2. The van der Waals surface area contributed by atoms with Crippen molar-refractivity contribution in [2.45, 2.75) is 19.4 Å². The fourth-order valence-electron chi connectivity index (χ4n) is 2.36. The highest BCUT2D eigenvalue weighted by molar-refractivity contribution is 5.85. The zero-order valence-corrected chi connectivity index (χ0v) is 14.4. The molecular formula is C20H24N2O3. The third-order valence-corrected chi connectivity index (χ3v) is 3.60. The molecule has 2 aromatic rings. The van der Waals surface area contributed by atoms with Crippen LogP contribution in [0, 0.1) is 0 Å². The molecule has 0 aliphatic carbocycles. The van der Waals surface area contributed by atoms with Gasteiger partial charge in [0.15, 0.2) is 0 Å². The molecule has 0 aliphatic heterocycles. The lowest BCUT2D eigenvalue weighted by molar-refractivity contribution is -0.130. The lowest BCUT2D eigenvalue weighted by atomic mass is 10.0. The predicted molar refractivity (Wildman–Crippen MR) is 97.0 cm³/mol. The lowest BCUT2D eigenvalue weighted by Crippen LogP contribution is -2.38. The van der Waals surface area contributed by atoms with Gasteiger partial charge in [-0.3, -0.25) is 9.59 Å². The molecule has 0 saturated heterocycles. The Morgan fingerprint density at radius 2 is 1.44 bits per heavy atom. The molecule has 0 aromatic heterocycles. The van der Waals surface area contributed by atoms with Gasteiger partial charge in [-0.25, -0.2) is 0 Å². The highest BCUT2D eigenvalue weighted by Crippen LogP contribution is 2.25. The van der Waals surface area contributed by atoms with Gasteiger partial charge in [-0.2, -0.15) is 0 Å². The molecule has 25 heavy (non-hydrogen) atoms. The molecule has 2 amide bonds. The van der Waals surface area contributed by atoms with Gasteiger partial charge >= 0.3 is 0 Å². The van der Waals surface area contributed by atoms with E-state index in [1.807, 2.05) is 67.6 Å². The SMILES string of the molecule is CCCNC(=O)CNC(=O)COC(c1ccccc1)c1ccccc1. The first-order valence-electron chi connectivity index (χ1n) is 8.45. The molecule has 0 spiro atoms. The maximum absolute atomic E-state index is 12.0. The average Bonchev–Trinajstić information content (AvgIpc) is 2.66. The Hall–Kier alpha value is -2.66. The summed E-state index contributed by atoms with van der Waals surface area (Å²) >= 11 is 0. The summed E-state index contributed by atoms with van der Waals surface area (Å²) in [6, 6.07) is 19.5. The van der Waals surface area contributed by atoms with Gasteiger partial charge in [0, 0.05) is 6.54 Å². The number of nitrogens with one attached hydrogen (secondary N) is 2. The van der Waals surface area contributed by atoms with Gasteiger partial charge in [-0.1, -0.05) is 67.6 Å². The van der Waals surface area contributed by atoms with Crippen LogP contribution in [0.2, 0.25) is 0 Å². The van der Waals surface area contributed by atoms with Gasteiger partial charge in [0.05, 0.1) is 6.54 Å². The Morgan fingerprint density at radius 1 is 0.880 bits per heavy atom. The first-order chi connectivity index (χ1) is 12.2. The van der Waals surface area contributed by atoms with E-state index < -0.39 is 0 Å².